The summed E-state index contributed by atoms with van der Waals surface area (Å²) < 4.78 is 13.1. The van der Waals surface area contributed by atoms with Crippen LogP contribution in [-0.2, 0) is 4.79 Å². The number of likely N-dealkylation sites (tertiary alicyclic amines) is 2. The first-order valence-electron chi connectivity index (χ1n) is 9.49. The van der Waals surface area contributed by atoms with Gasteiger partial charge in [0.1, 0.15) is 11.4 Å². The number of nitrogens with zero attached hydrogens (tertiary/aromatic N) is 2. The van der Waals surface area contributed by atoms with Crippen LogP contribution in [0.2, 0.25) is 0 Å². The molecule has 4 rings (SSSR count). The summed E-state index contributed by atoms with van der Waals surface area (Å²) in [6.07, 6.45) is 7.87. The minimum Gasteiger partial charge on any atom is -0.340 e. The predicted octanol–water partition coefficient (Wildman–Crippen LogP) is 3.55. The van der Waals surface area contributed by atoms with E-state index in [9.17, 15) is 9.18 Å². The maximum absolute atomic E-state index is 13.4. The molecule has 24 heavy (non-hydrogen) atoms. The molecule has 1 atom stereocenters. The van der Waals surface area contributed by atoms with Crippen LogP contribution in [-0.4, -0.2) is 47.4 Å². The second-order valence-corrected chi connectivity index (χ2v) is 7.72. The van der Waals surface area contributed by atoms with Gasteiger partial charge in [-0.05, 0) is 62.9 Å². The summed E-state index contributed by atoms with van der Waals surface area (Å²) in [6.45, 7) is 3.80. The van der Waals surface area contributed by atoms with Crippen molar-refractivity contribution < 1.29 is 9.18 Å². The average Bonchev–Trinajstić information content (AvgIpc) is 3.34. The van der Waals surface area contributed by atoms with Crippen LogP contribution in [0.25, 0.3) is 0 Å². The van der Waals surface area contributed by atoms with Crippen LogP contribution < -0.4 is 0 Å². The summed E-state index contributed by atoms with van der Waals surface area (Å²) in [5, 5.41) is 0. The molecule has 0 aromatic heterocycles. The van der Waals surface area contributed by atoms with Crippen LogP contribution in [0.15, 0.2) is 24.3 Å². The molecule has 0 bridgehead atoms. The zero-order valence-corrected chi connectivity index (χ0v) is 14.3. The van der Waals surface area contributed by atoms with E-state index in [1.165, 1.54) is 37.8 Å². The van der Waals surface area contributed by atoms with E-state index in [0.717, 1.165) is 51.0 Å². The summed E-state index contributed by atoms with van der Waals surface area (Å²) in [7, 11) is 0. The van der Waals surface area contributed by atoms with E-state index in [1.54, 1.807) is 0 Å². The van der Waals surface area contributed by atoms with Crippen molar-refractivity contribution in [2.24, 2.45) is 0 Å². The van der Waals surface area contributed by atoms with Crippen molar-refractivity contribution in [3.05, 3.63) is 35.6 Å². The molecule has 2 heterocycles. The van der Waals surface area contributed by atoms with Crippen LogP contribution in [0, 0.1) is 5.82 Å². The average molecular weight is 330 g/mol. The molecule has 130 valence electrons. The fraction of sp³-hybridized carbons (Fsp3) is 0.650. The molecular weight excluding hydrogens is 303 g/mol. The van der Waals surface area contributed by atoms with E-state index in [4.69, 9.17) is 0 Å². The summed E-state index contributed by atoms with van der Waals surface area (Å²) >= 11 is 0. The number of carbonyl (C=O) groups excluding carboxylic acids is 1. The molecule has 3 nitrogen and oxygen atoms in total. The number of amides is 1. The van der Waals surface area contributed by atoms with Crippen LogP contribution >= 0.6 is 0 Å². The topological polar surface area (TPSA) is 23.6 Å². The Kier molecular flexibility index (Phi) is 4.33. The third-order valence-corrected chi connectivity index (χ3v) is 6.36. The van der Waals surface area contributed by atoms with Crippen molar-refractivity contribution in [3.63, 3.8) is 0 Å². The Morgan fingerprint density at radius 1 is 1.00 bits per heavy atom. The molecule has 3 aliphatic rings. The van der Waals surface area contributed by atoms with Gasteiger partial charge in [0.2, 0.25) is 5.91 Å². The van der Waals surface area contributed by atoms with Gasteiger partial charge in [-0.25, -0.2) is 4.39 Å². The lowest BCUT2D eigenvalue weighted by Crippen LogP contribution is -2.57. The van der Waals surface area contributed by atoms with E-state index in [-0.39, 0.29) is 11.4 Å². The lowest BCUT2D eigenvalue weighted by atomic mass is 9.93. The van der Waals surface area contributed by atoms with Crippen molar-refractivity contribution in [3.8, 4) is 0 Å². The first-order valence-corrected chi connectivity index (χ1v) is 9.49. The zero-order valence-electron chi connectivity index (χ0n) is 14.3. The summed E-state index contributed by atoms with van der Waals surface area (Å²) in [4.78, 5) is 18.0. The molecule has 1 amide bonds. The Labute approximate surface area is 143 Å². The molecule has 0 unspecified atom stereocenters. The van der Waals surface area contributed by atoms with Gasteiger partial charge in [-0.2, -0.15) is 0 Å². The second kappa shape index (κ2) is 6.47. The summed E-state index contributed by atoms with van der Waals surface area (Å²) in [5.74, 6) is 0.529. The highest BCUT2D eigenvalue weighted by Crippen LogP contribution is 2.40. The Hall–Kier alpha value is -1.42. The summed E-state index contributed by atoms with van der Waals surface area (Å²) in [6, 6.07) is 6.81. The number of halogens is 1. The van der Waals surface area contributed by atoms with Gasteiger partial charge >= 0.3 is 0 Å². The van der Waals surface area contributed by atoms with Gasteiger partial charge in [0.15, 0.2) is 0 Å². The molecule has 1 aromatic carbocycles. The molecule has 0 N–H and O–H groups in total. The van der Waals surface area contributed by atoms with Crippen molar-refractivity contribution in [1.82, 2.24) is 9.80 Å². The van der Waals surface area contributed by atoms with Crippen molar-refractivity contribution in [2.75, 3.05) is 26.2 Å². The molecular formula is C20H27FN2O. The van der Waals surface area contributed by atoms with Gasteiger partial charge in [-0.3, -0.25) is 9.69 Å². The Bertz CT molecular complexity index is 588. The lowest BCUT2D eigenvalue weighted by molar-refractivity contribution is -0.143. The maximum atomic E-state index is 13.4. The molecule has 2 aliphatic heterocycles. The van der Waals surface area contributed by atoms with Gasteiger partial charge in [-0.15, -0.1) is 0 Å². The minimum atomic E-state index is -0.214. The van der Waals surface area contributed by atoms with Gasteiger partial charge < -0.3 is 4.90 Å². The Balaban J connectivity index is 1.49. The van der Waals surface area contributed by atoms with Gasteiger partial charge in [0.05, 0.1) is 0 Å². The fourth-order valence-electron chi connectivity index (χ4n) is 5.02. The highest BCUT2D eigenvalue weighted by atomic mass is 19.1. The third kappa shape index (κ3) is 2.75. The molecule has 1 aliphatic carbocycles. The highest BCUT2D eigenvalue weighted by molar-refractivity contribution is 5.87. The first-order chi connectivity index (χ1) is 11.7. The largest absolute Gasteiger partial charge is 0.340 e. The monoisotopic (exact) mass is 330 g/mol. The van der Waals surface area contributed by atoms with E-state index in [2.05, 4.69) is 9.80 Å². The Morgan fingerprint density at radius 2 is 1.67 bits per heavy atom. The van der Waals surface area contributed by atoms with Crippen molar-refractivity contribution in [2.45, 2.75) is 56.4 Å². The molecule has 4 heteroatoms. The predicted molar refractivity (Wildman–Crippen MR) is 92.3 cm³/mol. The van der Waals surface area contributed by atoms with Crippen molar-refractivity contribution >= 4 is 5.91 Å². The molecule has 1 aromatic rings. The van der Waals surface area contributed by atoms with Crippen molar-refractivity contribution in [1.29, 1.82) is 0 Å². The van der Waals surface area contributed by atoms with E-state index >= 15 is 0 Å². The van der Waals surface area contributed by atoms with Crippen LogP contribution in [0.5, 0.6) is 0 Å². The van der Waals surface area contributed by atoms with Crippen LogP contribution in [0.4, 0.5) is 4.39 Å². The smallest absolute Gasteiger partial charge is 0.243 e. The highest BCUT2D eigenvalue weighted by Gasteiger charge is 2.49. The maximum Gasteiger partial charge on any atom is 0.243 e. The quantitative estimate of drug-likeness (QED) is 0.846. The number of hydrogen-bond acceptors (Lipinski definition) is 2. The number of rotatable bonds is 3. The van der Waals surface area contributed by atoms with Crippen LogP contribution in [0.3, 0.4) is 0 Å². The number of hydrogen-bond donors (Lipinski definition) is 0. The van der Waals surface area contributed by atoms with Gasteiger partial charge in [0.25, 0.3) is 0 Å². The fourth-order valence-corrected chi connectivity index (χ4v) is 5.02. The second-order valence-electron chi connectivity index (χ2n) is 7.72. The molecule has 3 fully saturated rings. The SMILES string of the molecule is O=C(N1CC[C@@H](c2ccc(F)cc2)C1)C1(N2CCCC2)CCCC1. The molecule has 0 radical (unpaired) electrons. The normalized spacial score (nSPS) is 27.0. The standard InChI is InChI=1S/C20H27FN2O/c21-18-7-5-16(6-8-18)17-9-14-22(15-17)19(24)20(10-1-2-11-20)23-12-3-4-13-23/h5-8,17H,1-4,9-15H2/t17-/m1/s1. The van der Waals surface area contributed by atoms with Gasteiger partial charge in [-0.1, -0.05) is 25.0 Å². The molecule has 2 saturated heterocycles. The first kappa shape index (κ1) is 16.1. The Morgan fingerprint density at radius 3 is 2.33 bits per heavy atom. The number of carbonyl (C=O) groups is 1. The zero-order chi connectivity index (χ0) is 16.6. The van der Waals surface area contributed by atoms with Gasteiger partial charge in [0, 0.05) is 19.0 Å². The molecule has 1 saturated carbocycles. The van der Waals surface area contributed by atoms with E-state index in [0.29, 0.717) is 11.8 Å². The minimum absolute atomic E-state index is 0.191. The molecule has 0 spiro atoms. The van der Waals surface area contributed by atoms with E-state index < -0.39 is 0 Å². The summed E-state index contributed by atoms with van der Waals surface area (Å²) in [5.41, 5.74) is 0.946. The number of benzene rings is 1. The van der Waals surface area contributed by atoms with Crippen LogP contribution in [0.1, 0.15) is 56.4 Å². The van der Waals surface area contributed by atoms with E-state index in [1.807, 2.05) is 12.1 Å². The third-order valence-electron chi connectivity index (χ3n) is 6.36. The lowest BCUT2D eigenvalue weighted by Gasteiger charge is -2.40.